The van der Waals surface area contributed by atoms with Crippen molar-refractivity contribution in [3.05, 3.63) is 35.4 Å². The zero-order valence-electron chi connectivity index (χ0n) is 14.2. The van der Waals surface area contributed by atoms with E-state index in [4.69, 9.17) is 4.74 Å². The number of rotatable bonds is 3. The Morgan fingerprint density at radius 1 is 1.19 bits per heavy atom. The predicted octanol–water partition coefficient (Wildman–Crippen LogP) is 4.24. The first kappa shape index (κ1) is 16.5. The van der Waals surface area contributed by atoms with E-state index in [0.717, 1.165) is 25.7 Å². The number of hydrogen-bond acceptors (Lipinski definition) is 2. The van der Waals surface area contributed by atoms with Crippen LogP contribution in [0.3, 0.4) is 0 Å². The van der Waals surface area contributed by atoms with Gasteiger partial charge in [0.2, 0.25) is 0 Å². The van der Waals surface area contributed by atoms with E-state index in [1.807, 2.05) is 0 Å². The van der Waals surface area contributed by atoms with Gasteiger partial charge in [-0.15, -0.1) is 0 Å². The maximum atomic E-state index is 10.9. The van der Waals surface area contributed by atoms with Crippen molar-refractivity contribution in [2.75, 3.05) is 6.61 Å². The van der Waals surface area contributed by atoms with E-state index < -0.39 is 5.60 Å². The minimum absolute atomic E-state index is 0.175. The Balaban J connectivity index is 2.10. The molecule has 1 aromatic carbocycles. The fourth-order valence-corrected chi connectivity index (χ4v) is 3.20. The molecule has 0 saturated carbocycles. The first-order valence-electron chi connectivity index (χ1n) is 8.12. The number of benzene rings is 1. The molecule has 1 heterocycles. The third kappa shape index (κ3) is 4.08. The summed E-state index contributed by atoms with van der Waals surface area (Å²) in [6, 6.07) is 8.71. The quantitative estimate of drug-likeness (QED) is 0.902. The summed E-state index contributed by atoms with van der Waals surface area (Å²) in [7, 11) is 0. The van der Waals surface area contributed by atoms with Gasteiger partial charge in [-0.2, -0.15) is 0 Å². The molecule has 118 valence electrons. The summed E-state index contributed by atoms with van der Waals surface area (Å²) in [6.07, 6.45) is 3.11. The van der Waals surface area contributed by atoms with Gasteiger partial charge in [-0.25, -0.2) is 0 Å². The summed E-state index contributed by atoms with van der Waals surface area (Å²) in [4.78, 5) is 0. The van der Waals surface area contributed by atoms with Crippen LogP contribution in [-0.4, -0.2) is 22.9 Å². The Bertz CT molecular complexity index is 471. The molecular formula is C19H30O2. The number of ether oxygens (including phenoxy) is 1. The van der Waals surface area contributed by atoms with Crippen molar-refractivity contribution >= 4 is 0 Å². The molecule has 0 radical (unpaired) electrons. The summed E-state index contributed by atoms with van der Waals surface area (Å²) < 4.78 is 5.85. The molecule has 0 bridgehead atoms. The van der Waals surface area contributed by atoms with Gasteiger partial charge in [-0.1, -0.05) is 52.0 Å². The molecule has 21 heavy (non-hydrogen) atoms. The number of aliphatic hydroxyl groups is 1. The highest BCUT2D eigenvalue weighted by Gasteiger charge is 2.40. The molecule has 0 aromatic heterocycles. The Kier molecular flexibility index (Phi) is 4.51. The minimum Gasteiger partial charge on any atom is -0.389 e. The second kappa shape index (κ2) is 5.73. The highest BCUT2D eigenvalue weighted by Crippen LogP contribution is 2.36. The molecule has 0 aliphatic carbocycles. The molecule has 1 fully saturated rings. The van der Waals surface area contributed by atoms with E-state index in [0.29, 0.717) is 6.61 Å². The van der Waals surface area contributed by atoms with Crippen LogP contribution < -0.4 is 0 Å². The second-order valence-electron chi connectivity index (χ2n) is 7.93. The molecule has 2 heteroatoms. The fraction of sp³-hybridized carbons (Fsp3) is 0.684. The van der Waals surface area contributed by atoms with Crippen LogP contribution in [0.15, 0.2) is 24.3 Å². The van der Waals surface area contributed by atoms with Crippen molar-refractivity contribution in [1.29, 1.82) is 0 Å². The van der Waals surface area contributed by atoms with Crippen LogP contribution in [0.5, 0.6) is 0 Å². The monoisotopic (exact) mass is 290 g/mol. The van der Waals surface area contributed by atoms with Crippen molar-refractivity contribution in [3.8, 4) is 0 Å². The van der Waals surface area contributed by atoms with Gasteiger partial charge in [-0.3, -0.25) is 0 Å². The molecule has 1 N–H and O–H groups in total. The molecule has 0 spiro atoms. The van der Waals surface area contributed by atoms with Gasteiger partial charge in [0.15, 0.2) is 0 Å². The van der Waals surface area contributed by atoms with Crippen molar-refractivity contribution in [1.82, 2.24) is 0 Å². The molecule has 1 aliphatic rings. The van der Waals surface area contributed by atoms with Crippen LogP contribution in [0, 0.1) is 0 Å². The average Bonchev–Trinajstić information content (AvgIpc) is 2.37. The molecule has 0 amide bonds. The molecule has 1 aromatic rings. The van der Waals surface area contributed by atoms with Crippen LogP contribution >= 0.6 is 0 Å². The van der Waals surface area contributed by atoms with Gasteiger partial charge in [0.05, 0.1) is 17.8 Å². The van der Waals surface area contributed by atoms with Crippen molar-refractivity contribution in [3.63, 3.8) is 0 Å². The van der Waals surface area contributed by atoms with Gasteiger partial charge >= 0.3 is 0 Å². The molecule has 1 saturated heterocycles. The lowest BCUT2D eigenvalue weighted by Crippen LogP contribution is -2.48. The maximum Gasteiger partial charge on any atom is 0.0737 e. The topological polar surface area (TPSA) is 29.5 Å². The standard InChI is InChI=1S/C19H30O2/c1-6-18(5)14-19(20,11-12-21-18)13-15-7-9-16(10-8-15)17(2,3)4/h7-10,20H,6,11-14H2,1-5H3. The van der Waals surface area contributed by atoms with Crippen molar-refractivity contribution < 1.29 is 9.84 Å². The van der Waals surface area contributed by atoms with Crippen LogP contribution in [0.2, 0.25) is 0 Å². The normalized spacial score (nSPS) is 30.4. The van der Waals surface area contributed by atoms with Crippen LogP contribution in [0.4, 0.5) is 0 Å². The zero-order chi connectivity index (χ0) is 15.7. The highest BCUT2D eigenvalue weighted by molar-refractivity contribution is 5.28. The SMILES string of the molecule is CCC1(C)CC(O)(Cc2ccc(C(C)(C)C)cc2)CCO1. The lowest BCUT2D eigenvalue weighted by Gasteiger charge is -2.43. The third-order valence-corrected chi connectivity index (χ3v) is 4.82. The van der Waals surface area contributed by atoms with Crippen molar-refractivity contribution in [2.45, 2.75) is 76.9 Å². The average molecular weight is 290 g/mol. The summed E-state index contributed by atoms with van der Waals surface area (Å²) in [6.45, 7) is 11.6. The van der Waals surface area contributed by atoms with Gasteiger partial charge < -0.3 is 9.84 Å². The Morgan fingerprint density at radius 3 is 2.33 bits per heavy atom. The number of hydrogen-bond donors (Lipinski definition) is 1. The largest absolute Gasteiger partial charge is 0.389 e. The van der Waals surface area contributed by atoms with E-state index >= 15 is 0 Å². The molecule has 2 nitrogen and oxygen atoms in total. The van der Waals surface area contributed by atoms with Crippen molar-refractivity contribution in [2.24, 2.45) is 0 Å². The first-order valence-corrected chi connectivity index (χ1v) is 8.12. The summed E-state index contributed by atoms with van der Waals surface area (Å²) in [5, 5.41) is 10.9. The fourth-order valence-electron chi connectivity index (χ4n) is 3.20. The summed E-state index contributed by atoms with van der Waals surface area (Å²) >= 11 is 0. The lowest BCUT2D eigenvalue weighted by atomic mass is 9.78. The minimum atomic E-state index is -0.633. The molecular weight excluding hydrogens is 260 g/mol. The summed E-state index contributed by atoms with van der Waals surface area (Å²) in [5.41, 5.74) is 1.91. The van der Waals surface area contributed by atoms with E-state index in [9.17, 15) is 5.11 Å². The van der Waals surface area contributed by atoms with Crippen LogP contribution in [0.1, 0.15) is 65.0 Å². The van der Waals surface area contributed by atoms with E-state index in [1.165, 1.54) is 11.1 Å². The smallest absolute Gasteiger partial charge is 0.0737 e. The Hall–Kier alpha value is -0.860. The van der Waals surface area contributed by atoms with E-state index in [-0.39, 0.29) is 11.0 Å². The molecule has 2 atom stereocenters. The van der Waals surface area contributed by atoms with Crippen LogP contribution in [-0.2, 0) is 16.6 Å². The maximum absolute atomic E-state index is 10.9. The van der Waals surface area contributed by atoms with E-state index in [2.05, 4.69) is 58.9 Å². The first-order chi connectivity index (χ1) is 9.66. The molecule has 1 aliphatic heterocycles. The van der Waals surface area contributed by atoms with E-state index in [1.54, 1.807) is 0 Å². The third-order valence-electron chi connectivity index (χ3n) is 4.82. The second-order valence-corrected chi connectivity index (χ2v) is 7.93. The van der Waals surface area contributed by atoms with Gasteiger partial charge in [0.1, 0.15) is 0 Å². The Labute approximate surface area is 129 Å². The van der Waals surface area contributed by atoms with Gasteiger partial charge in [-0.05, 0) is 36.3 Å². The molecule has 2 rings (SSSR count). The zero-order valence-corrected chi connectivity index (χ0v) is 14.2. The molecule has 2 unspecified atom stereocenters. The summed E-state index contributed by atoms with van der Waals surface area (Å²) in [5.74, 6) is 0. The lowest BCUT2D eigenvalue weighted by molar-refractivity contribution is -0.152. The van der Waals surface area contributed by atoms with Gasteiger partial charge in [0.25, 0.3) is 0 Å². The van der Waals surface area contributed by atoms with Gasteiger partial charge in [0, 0.05) is 12.8 Å². The van der Waals surface area contributed by atoms with Crippen LogP contribution in [0.25, 0.3) is 0 Å². The Morgan fingerprint density at radius 2 is 1.81 bits per heavy atom. The highest BCUT2D eigenvalue weighted by atomic mass is 16.5. The predicted molar refractivity (Wildman–Crippen MR) is 87.7 cm³/mol.